The van der Waals surface area contributed by atoms with E-state index in [2.05, 4.69) is 13.8 Å². The van der Waals surface area contributed by atoms with Crippen molar-refractivity contribution in [2.24, 2.45) is 0 Å². The topological polar surface area (TPSA) is 177 Å². The summed E-state index contributed by atoms with van der Waals surface area (Å²) in [7, 11) is 0. The fraction of sp³-hybridized carbons (Fsp3) is 0.500. The van der Waals surface area contributed by atoms with Crippen molar-refractivity contribution < 1.29 is 34.4 Å². The van der Waals surface area contributed by atoms with E-state index in [1.165, 1.54) is 46.2 Å². The minimum absolute atomic E-state index is 0. The lowest BCUT2D eigenvalue weighted by atomic mass is 10.1. The molecule has 0 unspecified atom stereocenters. The van der Waals surface area contributed by atoms with Crippen LogP contribution in [0.15, 0.2) is 36.4 Å². The molecule has 13 nitrogen and oxygen atoms in total. The molecule has 1 heterocycles. The summed E-state index contributed by atoms with van der Waals surface area (Å²) >= 11 is 0. The van der Waals surface area contributed by atoms with Gasteiger partial charge in [-0.1, -0.05) is 39.5 Å². The van der Waals surface area contributed by atoms with Crippen molar-refractivity contribution in [3.05, 3.63) is 67.8 Å². The van der Waals surface area contributed by atoms with Gasteiger partial charge in [0.25, 0.3) is 23.2 Å². The molecule has 0 saturated carbocycles. The Labute approximate surface area is 238 Å². The van der Waals surface area contributed by atoms with Crippen molar-refractivity contribution in [1.82, 2.24) is 9.80 Å². The van der Waals surface area contributed by atoms with Gasteiger partial charge >= 0.3 is 0 Å². The first kappa shape index (κ1) is 32.9. The summed E-state index contributed by atoms with van der Waals surface area (Å²) in [6, 6.07) is 7.95. The SMILES string of the molecule is CCCCCOc1ccc([N+](=O)[O-])cc1C(=O)N1CCN(C(=O)c2cc([N+](=O)[O-])ccc2OCCCCC)CC1.O. The molecular formula is C28H38N4O9. The second-order valence-electron chi connectivity index (χ2n) is 9.57. The third kappa shape index (κ3) is 8.87. The Hall–Kier alpha value is -4.26. The predicted octanol–water partition coefficient (Wildman–Crippen LogP) is 4.41. The number of unbranched alkanes of at least 4 members (excludes halogenated alkanes) is 4. The highest BCUT2D eigenvalue weighted by atomic mass is 16.6. The quantitative estimate of drug-likeness (QED) is 0.181. The molecule has 1 fully saturated rings. The van der Waals surface area contributed by atoms with Gasteiger partial charge in [-0.3, -0.25) is 29.8 Å². The summed E-state index contributed by atoms with van der Waals surface area (Å²) in [4.78, 5) is 51.4. The molecule has 13 heteroatoms. The van der Waals surface area contributed by atoms with Crippen molar-refractivity contribution in [3.63, 3.8) is 0 Å². The van der Waals surface area contributed by atoms with Gasteiger partial charge in [-0.25, -0.2) is 0 Å². The van der Waals surface area contributed by atoms with Gasteiger partial charge in [-0.15, -0.1) is 0 Å². The van der Waals surface area contributed by atoms with E-state index in [9.17, 15) is 29.8 Å². The number of hydrogen-bond donors (Lipinski definition) is 0. The number of nitrogens with zero attached hydrogens (tertiary/aromatic N) is 4. The van der Waals surface area contributed by atoms with Crippen LogP contribution in [-0.2, 0) is 0 Å². The number of benzene rings is 2. The van der Waals surface area contributed by atoms with E-state index in [0.717, 1.165) is 38.5 Å². The Balaban J connectivity index is 0.00000588. The number of non-ortho nitro benzene ring substituents is 2. The zero-order valence-electron chi connectivity index (χ0n) is 23.5. The Morgan fingerprint density at radius 2 is 1.07 bits per heavy atom. The number of ether oxygens (including phenoxy) is 2. The maximum Gasteiger partial charge on any atom is 0.270 e. The van der Waals surface area contributed by atoms with Crippen LogP contribution in [-0.4, -0.2) is 76.3 Å². The maximum absolute atomic E-state index is 13.4. The smallest absolute Gasteiger partial charge is 0.270 e. The average molecular weight is 575 g/mol. The molecule has 1 aliphatic rings. The standard InChI is InChI=1S/C28H36N4O8.H2O/c1-3-5-7-17-39-25-11-9-21(31(35)36)19-23(25)27(33)29-13-15-30(16-14-29)28(34)24-20-22(32(37)38)10-12-26(24)40-18-8-6-4-2;/h9-12,19-20H,3-8,13-18H2,1-2H3;1H2. The Kier molecular flexibility index (Phi) is 12.9. The summed E-state index contributed by atoms with van der Waals surface area (Å²) in [6.45, 7) is 5.64. The van der Waals surface area contributed by atoms with Gasteiger partial charge in [0.1, 0.15) is 11.5 Å². The summed E-state index contributed by atoms with van der Waals surface area (Å²) in [5.74, 6) is -0.272. The fourth-order valence-electron chi connectivity index (χ4n) is 4.37. The normalized spacial score (nSPS) is 12.8. The van der Waals surface area contributed by atoms with E-state index in [4.69, 9.17) is 9.47 Å². The van der Waals surface area contributed by atoms with Crippen molar-refractivity contribution in [2.45, 2.75) is 52.4 Å². The molecule has 0 radical (unpaired) electrons. The van der Waals surface area contributed by atoms with Gasteiger partial charge in [0.2, 0.25) is 0 Å². The minimum atomic E-state index is -0.560. The van der Waals surface area contributed by atoms with Crippen LogP contribution in [0.25, 0.3) is 0 Å². The number of piperazine rings is 1. The molecule has 41 heavy (non-hydrogen) atoms. The van der Waals surface area contributed by atoms with Crippen LogP contribution in [0.4, 0.5) is 11.4 Å². The van der Waals surface area contributed by atoms with Crippen LogP contribution in [0, 0.1) is 20.2 Å². The molecule has 0 aliphatic carbocycles. The molecule has 1 aliphatic heterocycles. The van der Waals surface area contributed by atoms with Crippen LogP contribution in [0.3, 0.4) is 0 Å². The van der Waals surface area contributed by atoms with E-state index >= 15 is 0 Å². The summed E-state index contributed by atoms with van der Waals surface area (Å²) in [5.41, 5.74) is -0.218. The summed E-state index contributed by atoms with van der Waals surface area (Å²) < 4.78 is 11.6. The first-order valence-corrected chi connectivity index (χ1v) is 13.7. The van der Waals surface area contributed by atoms with Crippen LogP contribution < -0.4 is 9.47 Å². The molecule has 1 saturated heterocycles. The number of amides is 2. The van der Waals surface area contributed by atoms with Crippen molar-refractivity contribution >= 4 is 23.2 Å². The van der Waals surface area contributed by atoms with Gasteiger partial charge in [-0.05, 0) is 25.0 Å². The van der Waals surface area contributed by atoms with Crippen LogP contribution in [0.2, 0.25) is 0 Å². The van der Waals surface area contributed by atoms with Gasteiger partial charge in [0, 0.05) is 50.4 Å². The highest BCUT2D eigenvalue weighted by molar-refractivity contribution is 5.99. The van der Waals surface area contributed by atoms with E-state index in [1.807, 2.05) is 0 Å². The first-order valence-electron chi connectivity index (χ1n) is 13.7. The number of carbonyl (C=O) groups excluding carboxylic acids is 2. The summed E-state index contributed by atoms with van der Waals surface area (Å²) in [5, 5.41) is 22.7. The van der Waals surface area contributed by atoms with Crippen molar-refractivity contribution in [2.75, 3.05) is 39.4 Å². The highest BCUT2D eigenvalue weighted by Crippen LogP contribution is 2.29. The number of hydrogen-bond acceptors (Lipinski definition) is 8. The van der Waals surface area contributed by atoms with Gasteiger partial charge in [-0.2, -0.15) is 0 Å². The van der Waals surface area contributed by atoms with Gasteiger partial charge < -0.3 is 24.7 Å². The molecule has 0 bridgehead atoms. The Morgan fingerprint density at radius 1 is 0.707 bits per heavy atom. The third-order valence-corrected chi connectivity index (χ3v) is 6.67. The van der Waals surface area contributed by atoms with E-state index in [-0.39, 0.29) is 65.7 Å². The molecular weight excluding hydrogens is 536 g/mol. The number of carbonyl (C=O) groups is 2. The zero-order valence-corrected chi connectivity index (χ0v) is 23.5. The third-order valence-electron chi connectivity index (χ3n) is 6.67. The molecule has 0 atom stereocenters. The number of nitro benzene ring substituents is 2. The van der Waals surface area contributed by atoms with Gasteiger partial charge in [0.15, 0.2) is 0 Å². The molecule has 224 valence electrons. The monoisotopic (exact) mass is 574 g/mol. The number of nitro groups is 2. The highest BCUT2D eigenvalue weighted by Gasteiger charge is 2.30. The first-order chi connectivity index (χ1) is 19.3. The van der Waals surface area contributed by atoms with Crippen molar-refractivity contribution in [3.8, 4) is 11.5 Å². The maximum atomic E-state index is 13.4. The van der Waals surface area contributed by atoms with Crippen molar-refractivity contribution in [1.29, 1.82) is 0 Å². The van der Waals surface area contributed by atoms with Crippen LogP contribution in [0.5, 0.6) is 11.5 Å². The predicted molar refractivity (Wildman–Crippen MR) is 152 cm³/mol. The lowest BCUT2D eigenvalue weighted by Gasteiger charge is -2.35. The molecule has 2 aromatic carbocycles. The molecule has 0 aromatic heterocycles. The van der Waals surface area contributed by atoms with Crippen LogP contribution in [0.1, 0.15) is 73.1 Å². The molecule has 2 amide bonds. The molecule has 0 spiro atoms. The number of rotatable bonds is 14. The second kappa shape index (κ2) is 16.1. The largest absolute Gasteiger partial charge is 0.493 e. The lowest BCUT2D eigenvalue weighted by molar-refractivity contribution is -0.385. The molecule has 2 N–H and O–H groups in total. The summed E-state index contributed by atoms with van der Waals surface area (Å²) in [6.07, 6.45) is 5.51. The molecule has 2 aromatic rings. The Bertz CT molecular complexity index is 1120. The molecule has 3 rings (SSSR count). The lowest BCUT2D eigenvalue weighted by Crippen LogP contribution is -2.50. The second-order valence-corrected chi connectivity index (χ2v) is 9.57. The fourth-order valence-corrected chi connectivity index (χ4v) is 4.37. The zero-order chi connectivity index (χ0) is 29.1. The van der Waals surface area contributed by atoms with E-state index in [0.29, 0.717) is 13.2 Å². The minimum Gasteiger partial charge on any atom is -0.493 e. The van der Waals surface area contributed by atoms with E-state index < -0.39 is 21.7 Å². The Morgan fingerprint density at radius 3 is 1.39 bits per heavy atom. The van der Waals surface area contributed by atoms with Crippen LogP contribution >= 0.6 is 0 Å². The average Bonchev–Trinajstić information content (AvgIpc) is 2.96. The van der Waals surface area contributed by atoms with Gasteiger partial charge in [0.05, 0.1) is 34.2 Å². The van der Waals surface area contributed by atoms with E-state index in [1.54, 1.807) is 0 Å².